The Morgan fingerprint density at radius 3 is 1.30 bits per heavy atom. The van der Waals surface area contributed by atoms with Gasteiger partial charge in [0.05, 0.1) is 0 Å². The molecule has 0 bridgehead atoms. The molecular weight excluding hydrogens is 240 g/mol. The fraction of sp³-hybridized carbons (Fsp3) is 0.400. The van der Waals surface area contributed by atoms with Crippen LogP contribution in [-0.4, -0.2) is 0 Å². The van der Waals surface area contributed by atoms with Gasteiger partial charge in [-0.3, -0.25) is 0 Å². The van der Waals surface area contributed by atoms with Gasteiger partial charge in [0, 0.05) is 0 Å². The molecular formula is C20H24. The van der Waals surface area contributed by atoms with Crippen molar-refractivity contribution in [1.82, 2.24) is 0 Å². The van der Waals surface area contributed by atoms with Crippen LogP contribution in [0.15, 0.2) is 60.7 Å². The van der Waals surface area contributed by atoms with Gasteiger partial charge in [-0.2, -0.15) is 0 Å². The highest BCUT2D eigenvalue weighted by molar-refractivity contribution is 5.25. The molecule has 0 heteroatoms. The summed E-state index contributed by atoms with van der Waals surface area (Å²) in [4.78, 5) is 0. The highest BCUT2D eigenvalue weighted by atomic mass is 14.4. The summed E-state index contributed by atoms with van der Waals surface area (Å²) in [5, 5.41) is 0. The van der Waals surface area contributed by atoms with Crippen LogP contribution < -0.4 is 0 Å². The molecule has 2 aromatic carbocycles. The second kappa shape index (κ2) is 5.83. The molecule has 0 nitrogen and oxygen atoms in total. The third kappa shape index (κ3) is 2.52. The van der Waals surface area contributed by atoms with E-state index >= 15 is 0 Å². The van der Waals surface area contributed by atoms with Gasteiger partial charge in [-0.1, -0.05) is 74.5 Å². The van der Waals surface area contributed by atoms with Crippen molar-refractivity contribution in [3.05, 3.63) is 71.8 Å². The van der Waals surface area contributed by atoms with Crippen molar-refractivity contribution < 1.29 is 0 Å². The van der Waals surface area contributed by atoms with Crippen LogP contribution in [0.2, 0.25) is 0 Å². The van der Waals surface area contributed by atoms with Crippen LogP contribution in [-0.2, 0) is 0 Å². The van der Waals surface area contributed by atoms with Crippen LogP contribution in [0, 0.1) is 11.8 Å². The van der Waals surface area contributed by atoms with E-state index < -0.39 is 0 Å². The molecule has 0 heterocycles. The smallest absolute Gasteiger partial charge is 0.0133 e. The number of hydrogen-bond donors (Lipinski definition) is 0. The van der Waals surface area contributed by atoms with Gasteiger partial charge in [-0.05, 0) is 47.6 Å². The van der Waals surface area contributed by atoms with E-state index in [2.05, 4.69) is 74.5 Å². The maximum Gasteiger partial charge on any atom is -0.0133 e. The minimum atomic E-state index is 0.728. The molecule has 1 aliphatic rings. The molecule has 20 heavy (non-hydrogen) atoms. The quantitative estimate of drug-likeness (QED) is 0.660. The molecule has 0 aromatic heterocycles. The van der Waals surface area contributed by atoms with Crippen molar-refractivity contribution in [1.29, 1.82) is 0 Å². The fourth-order valence-electron chi connectivity index (χ4n) is 3.96. The molecule has 4 atom stereocenters. The molecule has 3 rings (SSSR count). The van der Waals surface area contributed by atoms with Crippen molar-refractivity contribution >= 4 is 0 Å². The van der Waals surface area contributed by atoms with Gasteiger partial charge < -0.3 is 0 Å². The summed E-state index contributed by atoms with van der Waals surface area (Å²) in [5.41, 5.74) is 3.05. The van der Waals surface area contributed by atoms with Crippen LogP contribution in [0.25, 0.3) is 0 Å². The van der Waals surface area contributed by atoms with E-state index in [-0.39, 0.29) is 0 Å². The van der Waals surface area contributed by atoms with Crippen LogP contribution in [0.4, 0.5) is 0 Å². The molecule has 0 N–H and O–H groups in total. The minimum absolute atomic E-state index is 0.728. The average molecular weight is 264 g/mol. The molecule has 104 valence electrons. The molecule has 0 aliphatic heterocycles. The van der Waals surface area contributed by atoms with E-state index in [1.54, 1.807) is 0 Å². The first-order chi connectivity index (χ1) is 9.77. The minimum Gasteiger partial charge on any atom is -0.0622 e. The largest absolute Gasteiger partial charge is 0.0622 e. The Hall–Kier alpha value is -1.56. The van der Waals surface area contributed by atoms with Crippen molar-refractivity contribution in [2.45, 2.75) is 38.5 Å². The van der Waals surface area contributed by atoms with Gasteiger partial charge in [0.2, 0.25) is 0 Å². The first kappa shape index (κ1) is 13.4. The highest BCUT2D eigenvalue weighted by Crippen LogP contribution is 2.47. The summed E-state index contributed by atoms with van der Waals surface area (Å²) >= 11 is 0. The average Bonchev–Trinajstić information content (AvgIpc) is 2.52. The molecule has 0 spiro atoms. The Labute approximate surface area is 122 Å². The zero-order chi connectivity index (χ0) is 13.9. The summed E-state index contributed by atoms with van der Waals surface area (Å²) in [6.07, 6.45) is 2.63. The predicted octanol–water partition coefficient (Wildman–Crippen LogP) is 5.62. The fourth-order valence-corrected chi connectivity index (χ4v) is 3.96. The topological polar surface area (TPSA) is 0 Å². The van der Waals surface area contributed by atoms with Gasteiger partial charge in [-0.25, -0.2) is 0 Å². The lowest BCUT2D eigenvalue weighted by Gasteiger charge is -2.40. The lowest BCUT2D eigenvalue weighted by Crippen LogP contribution is -2.28. The highest BCUT2D eigenvalue weighted by Gasteiger charge is 2.35. The first-order valence-corrected chi connectivity index (χ1v) is 7.87. The normalized spacial score (nSPS) is 30.1. The summed E-state index contributed by atoms with van der Waals surface area (Å²) in [6.45, 7) is 4.88. The molecule has 0 saturated heterocycles. The van der Waals surface area contributed by atoms with Gasteiger partial charge in [-0.15, -0.1) is 0 Å². The van der Waals surface area contributed by atoms with Crippen LogP contribution in [0.5, 0.6) is 0 Å². The van der Waals surface area contributed by atoms with Crippen LogP contribution >= 0.6 is 0 Å². The third-order valence-electron chi connectivity index (χ3n) is 5.34. The van der Waals surface area contributed by atoms with Crippen molar-refractivity contribution in [3.8, 4) is 0 Å². The Bertz CT molecular complexity index is 477. The summed E-state index contributed by atoms with van der Waals surface area (Å²) in [5.74, 6) is 2.95. The molecule has 1 saturated carbocycles. The van der Waals surface area contributed by atoms with Gasteiger partial charge >= 0.3 is 0 Å². The van der Waals surface area contributed by atoms with E-state index in [4.69, 9.17) is 0 Å². The summed E-state index contributed by atoms with van der Waals surface area (Å²) in [7, 11) is 0. The van der Waals surface area contributed by atoms with Gasteiger partial charge in [0.15, 0.2) is 0 Å². The molecule has 1 aliphatic carbocycles. The van der Waals surface area contributed by atoms with E-state index in [1.165, 1.54) is 24.0 Å². The van der Waals surface area contributed by atoms with E-state index in [1.807, 2.05) is 0 Å². The zero-order valence-corrected chi connectivity index (χ0v) is 12.5. The molecule has 1 fully saturated rings. The maximum absolute atomic E-state index is 2.44. The van der Waals surface area contributed by atoms with Crippen molar-refractivity contribution in [3.63, 3.8) is 0 Å². The molecule has 4 unspecified atom stereocenters. The lowest BCUT2D eigenvalue weighted by molar-refractivity contribution is 0.205. The number of benzene rings is 2. The Kier molecular flexibility index (Phi) is 3.91. The lowest BCUT2D eigenvalue weighted by atomic mass is 9.64. The Balaban J connectivity index is 1.81. The second-order valence-corrected chi connectivity index (χ2v) is 6.33. The standard InChI is InChI=1S/C20H24/c1-15-16(2)20(18-11-7-4-8-12-18)14-13-19(15)17-9-5-3-6-10-17/h3-12,15-16,19-20H,13-14H2,1-2H3. The first-order valence-electron chi connectivity index (χ1n) is 7.87. The van der Waals surface area contributed by atoms with Crippen LogP contribution in [0.1, 0.15) is 49.7 Å². The van der Waals surface area contributed by atoms with Crippen molar-refractivity contribution in [2.24, 2.45) is 11.8 Å². The third-order valence-corrected chi connectivity index (χ3v) is 5.34. The summed E-state index contributed by atoms with van der Waals surface area (Å²) in [6, 6.07) is 22.2. The molecule has 0 amide bonds. The molecule has 0 radical (unpaired) electrons. The predicted molar refractivity (Wildman–Crippen MR) is 85.9 cm³/mol. The SMILES string of the molecule is CC1C(c2ccccc2)CCC(c2ccccc2)C1C. The summed E-state index contributed by atoms with van der Waals surface area (Å²) < 4.78 is 0. The molecule has 2 aromatic rings. The monoisotopic (exact) mass is 264 g/mol. The number of rotatable bonds is 2. The Morgan fingerprint density at radius 2 is 0.950 bits per heavy atom. The van der Waals surface area contributed by atoms with Crippen molar-refractivity contribution in [2.75, 3.05) is 0 Å². The number of hydrogen-bond acceptors (Lipinski definition) is 0. The van der Waals surface area contributed by atoms with Gasteiger partial charge in [0.1, 0.15) is 0 Å². The van der Waals surface area contributed by atoms with E-state index in [0.29, 0.717) is 0 Å². The van der Waals surface area contributed by atoms with E-state index in [9.17, 15) is 0 Å². The zero-order valence-electron chi connectivity index (χ0n) is 12.5. The van der Waals surface area contributed by atoms with E-state index in [0.717, 1.165) is 23.7 Å². The Morgan fingerprint density at radius 1 is 0.600 bits per heavy atom. The van der Waals surface area contributed by atoms with Gasteiger partial charge in [0.25, 0.3) is 0 Å². The second-order valence-electron chi connectivity index (χ2n) is 6.33. The maximum atomic E-state index is 2.44. The van der Waals surface area contributed by atoms with Crippen LogP contribution in [0.3, 0.4) is 0 Å².